The number of halogens is 1. The summed E-state index contributed by atoms with van der Waals surface area (Å²) in [4.78, 5) is 6.55. The van der Waals surface area contributed by atoms with Crippen LogP contribution in [-0.2, 0) is 0 Å². The van der Waals surface area contributed by atoms with Crippen LogP contribution in [0.3, 0.4) is 0 Å². The fourth-order valence-electron chi connectivity index (χ4n) is 2.97. The van der Waals surface area contributed by atoms with Gasteiger partial charge in [0.05, 0.1) is 17.0 Å². The number of aliphatic imine (C=N–C) groups is 1. The van der Waals surface area contributed by atoms with Crippen molar-refractivity contribution in [2.24, 2.45) is 4.99 Å². The van der Waals surface area contributed by atoms with Gasteiger partial charge >= 0.3 is 0 Å². The van der Waals surface area contributed by atoms with Crippen molar-refractivity contribution in [3.8, 4) is 28.1 Å². The highest BCUT2D eigenvalue weighted by atomic mass is 35.5. The lowest BCUT2D eigenvalue weighted by atomic mass is 10.1. The number of nitriles is 1. The highest BCUT2D eigenvalue weighted by Gasteiger charge is 2.19. The summed E-state index contributed by atoms with van der Waals surface area (Å²) in [6.45, 7) is 7.01. The summed E-state index contributed by atoms with van der Waals surface area (Å²) in [7, 11) is 1.99. The average Bonchev–Trinajstić information content (AvgIpc) is 3.12. The molecular formula is C23H23ClN4OS. The number of ether oxygens (including phenoxy) is 1. The monoisotopic (exact) mass is 438 g/mol. The summed E-state index contributed by atoms with van der Waals surface area (Å²) in [5, 5.41) is 10.6. The highest BCUT2D eigenvalue weighted by molar-refractivity contribution is 7.08. The van der Waals surface area contributed by atoms with E-state index < -0.39 is 0 Å². The zero-order valence-electron chi connectivity index (χ0n) is 17.4. The first-order valence-corrected chi connectivity index (χ1v) is 10.8. The highest BCUT2D eigenvalue weighted by Crippen LogP contribution is 2.40. The molecule has 0 radical (unpaired) electrons. The average molecular weight is 439 g/mol. The first-order valence-electron chi connectivity index (χ1n) is 9.62. The van der Waals surface area contributed by atoms with E-state index in [4.69, 9.17) is 16.3 Å². The number of rotatable bonds is 7. The van der Waals surface area contributed by atoms with Crippen molar-refractivity contribution in [1.29, 1.82) is 5.26 Å². The minimum absolute atomic E-state index is 0.405. The van der Waals surface area contributed by atoms with Crippen LogP contribution >= 0.6 is 23.1 Å². The van der Waals surface area contributed by atoms with Crippen LogP contribution in [0, 0.1) is 25.2 Å². The van der Waals surface area contributed by atoms with Gasteiger partial charge in [-0.15, -0.1) is 0 Å². The van der Waals surface area contributed by atoms with E-state index in [2.05, 4.69) is 22.4 Å². The van der Waals surface area contributed by atoms with Gasteiger partial charge in [0.25, 0.3) is 0 Å². The topological polar surface area (TPSA) is 61.5 Å². The Kier molecular flexibility index (Phi) is 7.09. The maximum Gasteiger partial charge on any atom is 0.218 e. The van der Waals surface area contributed by atoms with E-state index in [-0.39, 0.29) is 0 Å². The molecule has 1 aromatic heterocycles. The van der Waals surface area contributed by atoms with Gasteiger partial charge in [-0.25, -0.2) is 4.99 Å². The van der Waals surface area contributed by atoms with E-state index in [0.29, 0.717) is 27.1 Å². The van der Waals surface area contributed by atoms with Crippen LogP contribution in [0.15, 0.2) is 41.4 Å². The lowest BCUT2D eigenvalue weighted by Gasteiger charge is -2.12. The molecule has 154 valence electrons. The second-order valence-corrected chi connectivity index (χ2v) is 8.21. The van der Waals surface area contributed by atoms with Crippen molar-refractivity contribution in [2.45, 2.75) is 27.2 Å². The Morgan fingerprint density at radius 2 is 2.10 bits per heavy atom. The summed E-state index contributed by atoms with van der Waals surface area (Å²) < 4.78 is 10.5. The number of nitrogens with zero attached hydrogens (tertiary/aromatic N) is 4. The molecule has 3 rings (SSSR count). The molecule has 0 atom stereocenters. The van der Waals surface area contributed by atoms with Crippen molar-refractivity contribution < 1.29 is 4.74 Å². The summed E-state index contributed by atoms with van der Waals surface area (Å²) in [5.41, 5.74) is 4.72. The van der Waals surface area contributed by atoms with E-state index in [1.807, 2.05) is 56.1 Å². The first kappa shape index (κ1) is 21.8. The molecule has 0 aliphatic heterocycles. The number of aryl methyl sites for hydroxylation is 2. The largest absolute Gasteiger partial charge is 0.442 e. The molecule has 0 fully saturated rings. The van der Waals surface area contributed by atoms with E-state index in [9.17, 15) is 5.26 Å². The molecule has 30 heavy (non-hydrogen) atoms. The fraction of sp³-hybridized carbons (Fsp3) is 0.261. The summed E-state index contributed by atoms with van der Waals surface area (Å²) in [6.07, 6.45) is 2.85. The van der Waals surface area contributed by atoms with Crippen molar-refractivity contribution in [3.63, 3.8) is 0 Å². The standard InChI is InChI=1S/C23H23ClN4OS/c1-5-9-28(4)14-26-20-12-19(24)21(11-16(20)3)29-23-18(13-25)22(27-30-23)17-8-6-7-15(2)10-17/h6-8,10-12,14H,5,9H2,1-4H3/b26-14-. The second-order valence-electron chi connectivity index (χ2n) is 7.07. The summed E-state index contributed by atoms with van der Waals surface area (Å²) in [6, 6.07) is 13.7. The molecule has 0 bridgehead atoms. The van der Waals surface area contributed by atoms with E-state index in [0.717, 1.165) is 46.9 Å². The SMILES string of the molecule is CCCN(C)/C=N\c1cc(Cl)c(Oc2snc(-c3cccc(C)c3)c2C#N)cc1C. The lowest BCUT2D eigenvalue weighted by Crippen LogP contribution is -2.16. The molecule has 0 spiro atoms. The lowest BCUT2D eigenvalue weighted by molar-refractivity contribution is 0.495. The zero-order chi connectivity index (χ0) is 21.7. The molecule has 7 heteroatoms. The van der Waals surface area contributed by atoms with Crippen molar-refractivity contribution >= 4 is 35.2 Å². The predicted molar refractivity (Wildman–Crippen MR) is 124 cm³/mol. The third kappa shape index (κ3) is 4.99. The van der Waals surface area contributed by atoms with Crippen LogP contribution in [0.5, 0.6) is 10.8 Å². The molecule has 0 unspecified atom stereocenters. The smallest absolute Gasteiger partial charge is 0.218 e. The van der Waals surface area contributed by atoms with Gasteiger partial charge in [-0.2, -0.15) is 9.64 Å². The Bertz CT molecular complexity index is 1120. The quantitative estimate of drug-likeness (QED) is 0.302. The van der Waals surface area contributed by atoms with Crippen LogP contribution in [0.2, 0.25) is 5.02 Å². The number of aromatic nitrogens is 1. The Labute approximate surface area is 186 Å². The molecule has 2 aromatic carbocycles. The van der Waals surface area contributed by atoms with Crippen LogP contribution in [0.1, 0.15) is 30.0 Å². The van der Waals surface area contributed by atoms with Gasteiger partial charge in [-0.3, -0.25) is 0 Å². The predicted octanol–water partition coefficient (Wildman–Crippen LogP) is 6.75. The van der Waals surface area contributed by atoms with Gasteiger partial charge in [0, 0.05) is 30.7 Å². The maximum atomic E-state index is 9.71. The molecule has 0 saturated heterocycles. The normalized spacial score (nSPS) is 10.9. The molecule has 1 heterocycles. The molecule has 0 aliphatic carbocycles. The number of hydrogen-bond acceptors (Lipinski definition) is 5. The number of hydrogen-bond donors (Lipinski definition) is 0. The van der Waals surface area contributed by atoms with Gasteiger partial charge in [-0.1, -0.05) is 42.3 Å². The Hall–Kier alpha value is -2.88. The van der Waals surface area contributed by atoms with Crippen LogP contribution in [0.4, 0.5) is 5.69 Å². The van der Waals surface area contributed by atoms with Crippen LogP contribution in [-0.4, -0.2) is 29.2 Å². The molecule has 0 amide bonds. The molecule has 0 saturated carbocycles. The van der Waals surface area contributed by atoms with Gasteiger partial charge in [0.15, 0.2) is 0 Å². The van der Waals surface area contributed by atoms with E-state index in [1.54, 1.807) is 12.4 Å². The van der Waals surface area contributed by atoms with Gasteiger partial charge in [0.1, 0.15) is 23.1 Å². The van der Waals surface area contributed by atoms with Crippen molar-refractivity contribution in [2.75, 3.05) is 13.6 Å². The van der Waals surface area contributed by atoms with Crippen molar-refractivity contribution in [1.82, 2.24) is 9.27 Å². The minimum Gasteiger partial charge on any atom is -0.442 e. The van der Waals surface area contributed by atoms with Gasteiger partial charge < -0.3 is 9.64 Å². The second kappa shape index (κ2) is 9.75. The Morgan fingerprint density at radius 1 is 1.30 bits per heavy atom. The molecule has 0 aliphatic rings. The van der Waals surface area contributed by atoms with Crippen LogP contribution in [0.25, 0.3) is 11.3 Å². The fourth-order valence-corrected chi connectivity index (χ4v) is 3.89. The van der Waals surface area contributed by atoms with Gasteiger partial charge in [0.2, 0.25) is 5.06 Å². The Balaban J connectivity index is 1.88. The molecular weight excluding hydrogens is 416 g/mol. The molecule has 0 N–H and O–H groups in total. The third-order valence-electron chi connectivity index (χ3n) is 4.49. The van der Waals surface area contributed by atoms with Crippen molar-refractivity contribution in [3.05, 3.63) is 58.1 Å². The summed E-state index contributed by atoms with van der Waals surface area (Å²) in [5.74, 6) is 0.478. The molecule has 5 nitrogen and oxygen atoms in total. The minimum atomic E-state index is 0.405. The van der Waals surface area contributed by atoms with E-state index in [1.165, 1.54) is 0 Å². The van der Waals surface area contributed by atoms with Gasteiger partial charge in [-0.05, 0) is 44.0 Å². The van der Waals surface area contributed by atoms with E-state index >= 15 is 0 Å². The Morgan fingerprint density at radius 3 is 2.80 bits per heavy atom. The zero-order valence-corrected chi connectivity index (χ0v) is 19.0. The molecule has 3 aromatic rings. The third-order valence-corrected chi connectivity index (χ3v) is 5.51. The van der Waals surface area contributed by atoms with Crippen LogP contribution < -0.4 is 4.74 Å². The maximum absolute atomic E-state index is 9.71. The summed E-state index contributed by atoms with van der Waals surface area (Å²) >= 11 is 7.60. The first-order chi connectivity index (χ1) is 14.4. The number of benzene rings is 2.